The van der Waals surface area contributed by atoms with Gasteiger partial charge in [0.25, 0.3) is 5.56 Å². The monoisotopic (exact) mass is 590 g/mol. The van der Waals surface area contributed by atoms with Crippen LogP contribution in [0.5, 0.6) is 5.88 Å². The van der Waals surface area contributed by atoms with Crippen LogP contribution in [-0.2, 0) is 19.0 Å². The first-order valence-electron chi connectivity index (χ1n) is 13.2. The van der Waals surface area contributed by atoms with Crippen LogP contribution in [0.2, 0.25) is 0 Å². The lowest BCUT2D eigenvalue weighted by atomic mass is 9.92. The van der Waals surface area contributed by atoms with Gasteiger partial charge in [0, 0.05) is 27.4 Å². The van der Waals surface area contributed by atoms with Crippen molar-refractivity contribution in [3.63, 3.8) is 0 Å². The minimum Gasteiger partial charge on any atom is -0.494 e. The Morgan fingerprint density at radius 3 is 2.45 bits per heavy atom. The summed E-state index contributed by atoms with van der Waals surface area (Å²) in [6.07, 6.45) is -0.0403. The van der Waals surface area contributed by atoms with Gasteiger partial charge in [-0.15, -0.1) is 11.3 Å². The largest absolute Gasteiger partial charge is 0.494 e. The Bertz CT molecular complexity index is 1960. The maximum atomic E-state index is 14.0. The maximum Gasteiger partial charge on any atom is 0.416 e. The highest BCUT2D eigenvalue weighted by atomic mass is 32.1. The van der Waals surface area contributed by atoms with Crippen LogP contribution >= 0.6 is 11.3 Å². The van der Waals surface area contributed by atoms with Crippen molar-refractivity contribution < 1.29 is 27.5 Å². The van der Waals surface area contributed by atoms with E-state index in [0.29, 0.717) is 22.4 Å². The van der Waals surface area contributed by atoms with Gasteiger partial charge in [-0.05, 0) is 67.6 Å². The van der Waals surface area contributed by atoms with Crippen LogP contribution in [0.4, 0.5) is 22.6 Å². The number of nitrogens with zero attached hydrogens (tertiary/aromatic N) is 2. The van der Waals surface area contributed by atoms with Crippen LogP contribution < -0.4 is 5.56 Å². The molecule has 0 atom stereocenters. The average Bonchev–Trinajstić information content (AvgIpc) is 3.35. The van der Waals surface area contributed by atoms with Crippen LogP contribution in [0.25, 0.3) is 16.5 Å². The predicted molar refractivity (Wildman–Crippen MR) is 154 cm³/mol. The number of carbonyl (C=O) groups excluding carboxylic acids is 1. The summed E-state index contributed by atoms with van der Waals surface area (Å²) in [5, 5.41) is 12.2. The summed E-state index contributed by atoms with van der Waals surface area (Å²) in [6.45, 7) is 0. The molecular formula is C32H22F4N2O3S. The zero-order chi connectivity index (χ0) is 29.6. The second-order valence-corrected chi connectivity index (χ2v) is 11.0. The zero-order valence-corrected chi connectivity index (χ0v) is 22.7. The van der Waals surface area contributed by atoms with Crippen molar-refractivity contribution in [2.75, 3.05) is 0 Å². The van der Waals surface area contributed by atoms with E-state index in [1.54, 1.807) is 18.2 Å². The summed E-state index contributed by atoms with van der Waals surface area (Å²) in [6, 6.07) is 16.0. The number of pyridine rings is 1. The van der Waals surface area contributed by atoms with E-state index < -0.39 is 29.0 Å². The number of benzene rings is 3. The first kappa shape index (κ1) is 27.6. The topological polar surface area (TPSA) is 71.7 Å². The standard InChI is InChI=1S/C32H22F4N2O3S/c33-20-9-5-7-18(15-20)28(39)27-24-13-3-4-14-26(24)42-29(27)37-17-25-22-11-1-2-12-23(22)30(40)38(31(25)41)21-10-6-8-19(16-21)32(34,35)36/h1-2,5-12,15-17,41H,3-4,13-14H2/b37-17+. The van der Waals surface area contributed by atoms with Gasteiger partial charge in [0.15, 0.2) is 5.78 Å². The number of thiophene rings is 1. The van der Waals surface area contributed by atoms with E-state index in [1.165, 1.54) is 53.9 Å². The smallest absolute Gasteiger partial charge is 0.416 e. The summed E-state index contributed by atoms with van der Waals surface area (Å²) < 4.78 is 55.1. The van der Waals surface area contributed by atoms with E-state index in [1.807, 2.05) is 0 Å². The molecule has 212 valence electrons. The third-order valence-corrected chi connectivity index (χ3v) is 8.51. The first-order valence-corrected chi connectivity index (χ1v) is 14.0. The molecule has 2 heterocycles. The molecule has 0 bridgehead atoms. The van der Waals surface area contributed by atoms with Gasteiger partial charge >= 0.3 is 6.18 Å². The quantitative estimate of drug-likeness (QED) is 0.129. The molecule has 0 unspecified atom stereocenters. The minimum atomic E-state index is -4.65. The Morgan fingerprint density at radius 2 is 1.69 bits per heavy atom. The molecular weight excluding hydrogens is 568 g/mol. The molecule has 0 saturated carbocycles. The number of ketones is 1. The fourth-order valence-electron chi connectivity index (χ4n) is 5.32. The molecule has 0 radical (unpaired) electrons. The molecule has 10 heteroatoms. The third kappa shape index (κ3) is 4.92. The van der Waals surface area contributed by atoms with Crippen molar-refractivity contribution in [1.82, 2.24) is 4.57 Å². The number of aromatic nitrogens is 1. The van der Waals surface area contributed by atoms with Crippen LogP contribution in [0.1, 0.15) is 50.3 Å². The molecule has 1 aliphatic rings. The molecule has 1 aliphatic carbocycles. The molecule has 0 spiro atoms. The Balaban J connectivity index is 1.53. The van der Waals surface area contributed by atoms with Crippen molar-refractivity contribution in [3.8, 4) is 11.6 Å². The number of hydrogen-bond acceptors (Lipinski definition) is 5. The number of aryl methyl sites for hydroxylation is 1. The molecule has 0 saturated heterocycles. The molecule has 6 rings (SSSR count). The van der Waals surface area contributed by atoms with Gasteiger partial charge in [0.2, 0.25) is 5.88 Å². The molecule has 0 amide bonds. The Hall–Kier alpha value is -4.57. The summed E-state index contributed by atoms with van der Waals surface area (Å²) in [7, 11) is 0. The number of alkyl halides is 3. The molecule has 3 aromatic carbocycles. The Labute approximate surface area is 241 Å². The first-order chi connectivity index (χ1) is 20.1. The maximum absolute atomic E-state index is 14.0. The summed E-state index contributed by atoms with van der Waals surface area (Å²) >= 11 is 1.34. The van der Waals surface area contributed by atoms with Gasteiger partial charge in [0.1, 0.15) is 10.8 Å². The van der Waals surface area contributed by atoms with Crippen LogP contribution in [0.15, 0.2) is 82.6 Å². The van der Waals surface area contributed by atoms with Crippen molar-refractivity contribution in [1.29, 1.82) is 0 Å². The number of halogens is 4. The predicted octanol–water partition coefficient (Wildman–Crippen LogP) is 7.78. The lowest BCUT2D eigenvalue weighted by Crippen LogP contribution is -2.20. The number of hydrogen-bond donors (Lipinski definition) is 1. The molecule has 0 fully saturated rings. The fraction of sp³-hybridized carbons (Fsp3) is 0.156. The molecule has 42 heavy (non-hydrogen) atoms. The molecule has 5 nitrogen and oxygen atoms in total. The van der Waals surface area contributed by atoms with Gasteiger partial charge in [-0.25, -0.2) is 13.9 Å². The second kappa shape index (κ2) is 10.7. The molecule has 0 aliphatic heterocycles. The van der Waals surface area contributed by atoms with Gasteiger partial charge in [-0.1, -0.05) is 36.4 Å². The normalized spacial score (nSPS) is 13.5. The van der Waals surface area contributed by atoms with Crippen LogP contribution in [0, 0.1) is 5.82 Å². The average molecular weight is 591 g/mol. The highest BCUT2D eigenvalue weighted by Crippen LogP contribution is 2.41. The van der Waals surface area contributed by atoms with Gasteiger partial charge in [-0.2, -0.15) is 13.2 Å². The summed E-state index contributed by atoms with van der Waals surface area (Å²) in [4.78, 5) is 32.6. The van der Waals surface area contributed by atoms with E-state index in [4.69, 9.17) is 0 Å². The van der Waals surface area contributed by atoms with Crippen LogP contribution in [0.3, 0.4) is 0 Å². The van der Waals surface area contributed by atoms with E-state index in [9.17, 15) is 32.3 Å². The number of aliphatic imine (C=N–C) groups is 1. The van der Waals surface area contributed by atoms with Crippen molar-refractivity contribution >= 4 is 39.1 Å². The highest BCUT2D eigenvalue weighted by Gasteiger charge is 2.31. The molecule has 2 aromatic heterocycles. The highest BCUT2D eigenvalue weighted by molar-refractivity contribution is 7.16. The van der Waals surface area contributed by atoms with E-state index in [2.05, 4.69) is 4.99 Å². The van der Waals surface area contributed by atoms with Gasteiger partial charge in [-0.3, -0.25) is 9.59 Å². The number of aromatic hydroxyl groups is 1. The fourth-order valence-corrected chi connectivity index (χ4v) is 6.55. The Morgan fingerprint density at radius 1 is 0.952 bits per heavy atom. The van der Waals surface area contributed by atoms with Gasteiger partial charge < -0.3 is 5.11 Å². The van der Waals surface area contributed by atoms with E-state index in [-0.39, 0.29) is 28.0 Å². The SMILES string of the molecule is O=C(c1cccc(F)c1)c1c(/N=C/c2c(O)n(-c3cccc(C(F)(F)F)c3)c(=O)c3ccccc23)sc2c1CCCC2. The lowest BCUT2D eigenvalue weighted by Gasteiger charge is -2.15. The zero-order valence-electron chi connectivity index (χ0n) is 21.9. The van der Waals surface area contributed by atoms with Crippen molar-refractivity contribution in [2.45, 2.75) is 31.9 Å². The molecule has 1 N–H and O–H groups in total. The van der Waals surface area contributed by atoms with E-state index >= 15 is 0 Å². The minimum absolute atomic E-state index is 0.0955. The van der Waals surface area contributed by atoms with Gasteiger partial charge in [0.05, 0.1) is 22.4 Å². The van der Waals surface area contributed by atoms with Crippen molar-refractivity contribution in [3.05, 3.63) is 122 Å². The second-order valence-electron chi connectivity index (χ2n) is 9.96. The Kier molecular flexibility index (Phi) is 7.02. The lowest BCUT2D eigenvalue weighted by molar-refractivity contribution is -0.137. The summed E-state index contributed by atoms with van der Waals surface area (Å²) in [5.74, 6) is -1.51. The third-order valence-electron chi connectivity index (χ3n) is 7.31. The van der Waals surface area contributed by atoms with Crippen molar-refractivity contribution in [2.24, 2.45) is 4.99 Å². The number of fused-ring (bicyclic) bond motifs is 2. The van der Waals surface area contributed by atoms with E-state index in [0.717, 1.165) is 52.5 Å². The number of carbonyl (C=O) groups is 1. The van der Waals surface area contributed by atoms with Crippen LogP contribution in [-0.4, -0.2) is 21.7 Å². The molecule has 5 aromatic rings. The number of rotatable bonds is 5. The summed E-state index contributed by atoms with van der Waals surface area (Å²) in [5.41, 5.74) is -0.321.